The lowest BCUT2D eigenvalue weighted by atomic mass is 10.0. The van der Waals surface area contributed by atoms with Crippen molar-refractivity contribution < 1.29 is 0 Å². The van der Waals surface area contributed by atoms with Gasteiger partial charge in [-0.15, -0.1) is 12.4 Å². The Morgan fingerprint density at radius 1 is 1.13 bits per heavy atom. The van der Waals surface area contributed by atoms with Gasteiger partial charge in [0.1, 0.15) is 0 Å². The molecule has 86 valence electrons. The zero-order chi connectivity index (χ0) is 10.7. The average molecular weight is 290 g/mol. The molecule has 0 aliphatic carbocycles. The molecule has 0 saturated carbocycles. The normalized spacial score (nSPS) is 12.1. The number of hydrogen-bond donors (Lipinski definition) is 2. The van der Waals surface area contributed by atoms with Crippen LogP contribution in [0.1, 0.15) is 18.0 Å². The molecule has 0 unspecified atom stereocenters. The summed E-state index contributed by atoms with van der Waals surface area (Å²) in [6.45, 7) is 0.486. The summed E-state index contributed by atoms with van der Waals surface area (Å²) in [6, 6.07) is 3.06. The van der Waals surface area contributed by atoms with Gasteiger partial charge in [-0.3, -0.25) is 0 Å². The predicted octanol–water partition coefficient (Wildman–Crippen LogP) is 3.42. The highest BCUT2D eigenvalue weighted by Gasteiger charge is 2.15. The zero-order valence-electron chi connectivity index (χ0n) is 7.84. The Labute approximate surface area is 110 Å². The Hall–Kier alpha value is 0.300. The maximum Gasteiger partial charge on any atom is 0.0654 e. The van der Waals surface area contributed by atoms with Crippen molar-refractivity contribution in [2.24, 2.45) is 11.5 Å². The van der Waals surface area contributed by atoms with E-state index in [1.54, 1.807) is 12.1 Å². The van der Waals surface area contributed by atoms with Crippen LogP contribution in [-0.4, -0.2) is 6.54 Å². The largest absolute Gasteiger partial charge is 0.330 e. The molecule has 1 aromatic carbocycles. The van der Waals surface area contributed by atoms with Gasteiger partial charge >= 0.3 is 0 Å². The van der Waals surface area contributed by atoms with Crippen LogP contribution in [0, 0.1) is 0 Å². The van der Waals surface area contributed by atoms with Crippen LogP contribution in [0.4, 0.5) is 0 Å². The number of benzene rings is 1. The van der Waals surface area contributed by atoms with Crippen molar-refractivity contribution in [3.63, 3.8) is 0 Å². The van der Waals surface area contributed by atoms with Crippen LogP contribution in [0.5, 0.6) is 0 Å². The van der Waals surface area contributed by atoms with Crippen molar-refractivity contribution in [1.29, 1.82) is 0 Å². The minimum atomic E-state index is -0.265. The summed E-state index contributed by atoms with van der Waals surface area (Å²) < 4.78 is 0. The van der Waals surface area contributed by atoms with E-state index >= 15 is 0 Å². The summed E-state index contributed by atoms with van der Waals surface area (Å²) in [5.74, 6) is 0. The number of nitrogens with two attached hydrogens (primary N) is 2. The third-order valence-corrected chi connectivity index (χ3v) is 3.08. The monoisotopic (exact) mass is 288 g/mol. The third-order valence-electron chi connectivity index (χ3n) is 1.93. The summed E-state index contributed by atoms with van der Waals surface area (Å²) >= 11 is 17.8. The first-order valence-electron chi connectivity index (χ1n) is 4.17. The second-order valence-electron chi connectivity index (χ2n) is 2.94. The van der Waals surface area contributed by atoms with E-state index in [0.29, 0.717) is 33.6 Å². The molecule has 15 heavy (non-hydrogen) atoms. The molecule has 0 radical (unpaired) electrons. The molecule has 0 heterocycles. The Kier molecular flexibility index (Phi) is 6.93. The molecule has 0 spiro atoms. The molecular formula is C9H12Cl4N2. The van der Waals surface area contributed by atoms with Gasteiger partial charge in [0.25, 0.3) is 0 Å². The van der Waals surface area contributed by atoms with Crippen molar-refractivity contribution in [1.82, 2.24) is 0 Å². The first-order valence-corrected chi connectivity index (χ1v) is 5.30. The van der Waals surface area contributed by atoms with Gasteiger partial charge in [-0.25, -0.2) is 0 Å². The minimum Gasteiger partial charge on any atom is -0.330 e. The highest BCUT2D eigenvalue weighted by Crippen LogP contribution is 2.35. The minimum absolute atomic E-state index is 0. The van der Waals surface area contributed by atoms with E-state index in [2.05, 4.69) is 0 Å². The summed E-state index contributed by atoms with van der Waals surface area (Å²) in [7, 11) is 0. The van der Waals surface area contributed by atoms with Crippen LogP contribution >= 0.6 is 47.2 Å². The van der Waals surface area contributed by atoms with E-state index in [1.807, 2.05) is 0 Å². The molecule has 0 aliphatic heterocycles. The number of hydrogen-bond acceptors (Lipinski definition) is 2. The van der Waals surface area contributed by atoms with E-state index in [-0.39, 0.29) is 18.4 Å². The highest BCUT2D eigenvalue weighted by atomic mass is 35.5. The molecule has 0 aromatic heterocycles. The first kappa shape index (κ1) is 15.3. The van der Waals surface area contributed by atoms with Gasteiger partial charge in [0, 0.05) is 16.6 Å². The van der Waals surface area contributed by atoms with Crippen LogP contribution in [0.25, 0.3) is 0 Å². The second-order valence-corrected chi connectivity index (χ2v) is 4.13. The molecule has 1 atom stereocenters. The van der Waals surface area contributed by atoms with E-state index in [9.17, 15) is 0 Å². The quantitative estimate of drug-likeness (QED) is 0.838. The molecule has 0 saturated heterocycles. The zero-order valence-corrected chi connectivity index (χ0v) is 10.9. The van der Waals surface area contributed by atoms with Gasteiger partial charge in [-0.05, 0) is 25.1 Å². The lowest BCUT2D eigenvalue weighted by Gasteiger charge is -2.15. The lowest BCUT2D eigenvalue weighted by molar-refractivity contribution is 0.662. The van der Waals surface area contributed by atoms with E-state index in [4.69, 9.17) is 46.3 Å². The van der Waals surface area contributed by atoms with E-state index < -0.39 is 0 Å². The molecule has 1 aromatic rings. The van der Waals surface area contributed by atoms with Crippen LogP contribution in [0.3, 0.4) is 0 Å². The molecule has 2 nitrogen and oxygen atoms in total. The topological polar surface area (TPSA) is 52.0 Å². The summed E-state index contributed by atoms with van der Waals surface area (Å²) in [5, 5.41) is 1.40. The van der Waals surface area contributed by atoms with Gasteiger partial charge in [0.15, 0.2) is 0 Å². The molecule has 4 N–H and O–H groups in total. The Morgan fingerprint density at radius 3 is 2.20 bits per heavy atom. The van der Waals surface area contributed by atoms with Crippen molar-refractivity contribution in [2.75, 3.05) is 6.54 Å². The second kappa shape index (κ2) is 6.79. The van der Waals surface area contributed by atoms with Gasteiger partial charge < -0.3 is 11.5 Å². The Bertz CT molecular complexity index is 330. The SMILES string of the molecule is Cl.NCC[C@H](N)c1c(Cl)ccc(Cl)c1Cl. The van der Waals surface area contributed by atoms with Crippen molar-refractivity contribution in [2.45, 2.75) is 12.5 Å². The van der Waals surface area contributed by atoms with Crippen LogP contribution in [0.2, 0.25) is 15.1 Å². The fraction of sp³-hybridized carbons (Fsp3) is 0.333. The lowest BCUT2D eigenvalue weighted by Crippen LogP contribution is -2.16. The molecule has 0 amide bonds. The maximum absolute atomic E-state index is 5.99. The summed E-state index contributed by atoms with van der Waals surface area (Å²) in [5.41, 5.74) is 11.9. The molecule has 6 heteroatoms. The summed E-state index contributed by atoms with van der Waals surface area (Å²) in [6.07, 6.45) is 0.625. The Balaban J connectivity index is 0.00000196. The molecule has 0 aliphatic rings. The Morgan fingerprint density at radius 2 is 1.67 bits per heavy atom. The van der Waals surface area contributed by atoms with Crippen LogP contribution < -0.4 is 11.5 Å². The molecular weight excluding hydrogens is 278 g/mol. The maximum atomic E-state index is 5.99. The van der Waals surface area contributed by atoms with Gasteiger partial charge in [0.2, 0.25) is 0 Å². The van der Waals surface area contributed by atoms with Crippen molar-refractivity contribution in [3.8, 4) is 0 Å². The molecule has 0 fully saturated rings. The van der Waals surface area contributed by atoms with Gasteiger partial charge in [-0.1, -0.05) is 34.8 Å². The number of rotatable bonds is 3. The molecule has 1 rings (SSSR count). The summed E-state index contributed by atoms with van der Waals surface area (Å²) in [4.78, 5) is 0. The van der Waals surface area contributed by atoms with Crippen molar-refractivity contribution in [3.05, 3.63) is 32.8 Å². The standard InChI is InChI=1S/C9H11Cl3N2.ClH/c10-5-1-2-6(11)9(12)8(5)7(14)3-4-13;/h1-2,7H,3-4,13-14H2;1H/t7-;/m0./s1. The molecule has 0 bridgehead atoms. The van der Waals surface area contributed by atoms with Gasteiger partial charge in [-0.2, -0.15) is 0 Å². The van der Waals surface area contributed by atoms with Crippen molar-refractivity contribution >= 4 is 47.2 Å². The van der Waals surface area contributed by atoms with Crippen LogP contribution in [0.15, 0.2) is 12.1 Å². The van der Waals surface area contributed by atoms with E-state index in [1.165, 1.54) is 0 Å². The smallest absolute Gasteiger partial charge is 0.0654 e. The predicted molar refractivity (Wildman–Crippen MR) is 69.3 cm³/mol. The van der Waals surface area contributed by atoms with E-state index in [0.717, 1.165) is 0 Å². The third kappa shape index (κ3) is 3.66. The highest BCUT2D eigenvalue weighted by molar-refractivity contribution is 6.44. The fourth-order valence-corrected chi connectivity index (χ4v) is 2.02. The number of halogens is 4. The van der Waals surface area contributed by atoms with Gasteiger partial charge in [0.05, 0.1) is 10.0 Å². The fourth-order valence-electron chi connectivity index (χ4n) is 1.21. The average Bonchev–Trinajstić information content (AvgIpc) is 2.13. The first-order chi connectivity index (χ1) is 6.57. The van der Waals surface area contributed by atoms with Crippen LogP contribution in [-0.2, 0) is 0 Å².